The first-order valence-electron chi connectivity index (χ1n) is 5.40. The van der Waals surface area contributed by atoms with Gasteiger partial charge < -0.3 is 15.5 Å². The second-order valence-corrected chi connectivity index (χ2v) is 4.26. The van der Waals surface area contributed by atoms with E-state index >= 15 is 0 Å². The van der Waals surface area contributed by atoms with Crippen molar-refractivity contribution in [2.24, 2.45) is 5.92 Å². The number of phenolic OH excluding ortho intramolecular Hbond substituents is 1. The Kier molecular flexibility index (Phi) is 3.23. The molecule has 1 aromatic rings. The van der Waals surface area contributed by atoms with Gasteiger partial charge in [0.1, 0.15) is 5.75 Å². The van der Waals surface area contributed by atoms with Crippen molar-refractivity contribution >= 4 is 0 Å². The highest BCUT2D eigenvalue weighted by Gasteiger charge is 2.23. The molecule has 0 spiro atoms. The molecule has 3 nitrogen and oxygen atoms in total. The minimum Gasteiger partial charge on any atom is -0.508 e. The lowest BCUT2D eigenvalue weighted by atomic mass is 9.97. The average Bonchev–Trinajstić information content (AvgIpc) is 2.65. The van der Waals surface area contributed by atoms with E-state index < -0.39 is 0 Å². The molecule has 0 amide bonds. The summed E-state index contributed by atoms with van der Waals surface area (Å²) in [5, 5.41) is 21.6. The number of aliphatic hydroxyl groups excluding tert-OH is 1. The van der Waals surface area contributed by atoms with Crippen molar-refractivity contribution in [1.82, 2.24) is 5.32 Å². The van der Waals surface area contributed by atoms with Gasteiger partial charge in [-0.2, -0.15) is 0 Å². The molecule has 1 aliphatic rings. The number of nitrogens with one attached hydrogen (secondary N) is 1. The Bertz CT molecular complexity index is 327. The molecule has 2 atom stereocenters. The molecular formula is C12H17NO2. The first kappa shape index (κ1) is 10.5. The normalized spacial score (nSPS) is 25.7. The molecule has 3 N–H and O–H groups in total. The first-order chi connectivity index (χ1) is 7.28. The highest BCUT2D eigenvalue weighted by molar-refractivity contribution is 5.27. The molecule has 3 heteroatoms. The Labute approximate surface area is 89.8 Å². The van der Waals surface area contributed by atoms with Crippen LogP contribution in [0.25, 0.3) is 0 Å². The lowest BCUT2D eigenvalue weighted by Gasteiger charge is -2.08. The minimum absolute atomic E-state index is 0.219. The molecular weight excluding hydrogens is 190 g/mol. The van der Waals surface area contributed by atoms with Crippen molar-refractivity contribution in [3.8, 4) is 5.75 Å². The van der Waals surface area contributed by atoms with E-state index in [0.29, 0.717) is 11.7 Å². The van der Waals surface area contributed by atoms with E-state index in [0.717, 1.165) is 19.4 Å². The SMILES string of the molecule is OCC1CC(Cc2cccc(O)c2)CN1. The second kappa shape index (κ2) is 4.64. The standard InChI is InChI=1S/C12H17NO2/c14-8-11-5-10(7-13-11)4-9-2-1-3-12(15)6-9/h1-3,6,10-11,13-15H,4-5,7-8H2. The van der Waals surface area contributed by atoms with Gasteiger partial charge in [-0.1, -0.05) is 12.1 Å². The third-order valence-electron chi connectivity index (χ3n) is 2.97. The molecule has 0 bridgehead atoms. The third kappa shape index (κ3) is 2.70. The number of hydrogen-bond donors (Lipinski definition) is 3. The summed E-state index contributed by atoms with van der Waals surface area (Å²) in [6, 6.07) is 7.66. The Morgan fingerprint density at radius 1 is 1.40 bits per heavy atom. The van der Waals surface area contributed by atoms with Crippen LogP contribution >= 0.6 is 0 Å². The molecule has 82 valence electrons. The number of phenols is 1. The first-order valence-corrected chi connectivity index (χ1v) is 5.40. The zero-order chi connectivity index (χ0) is 10.7. The van der Waals surface area contributed by atoms with Crippen LogP contribution in [0.2, 0.25) is 0 Å². The number of aromatic hydroxyl groups is 1. The molecule has 0 saturated carbocycles. The molecule has 0 aromatic heterocycles. The summed E-state index contributed by atoms with van der Waals surface area (Å²) in [5.74, 6) is 0.904. The summed E-state index contributed by atoms with van der Waals surface area (Å²) in [6.07, 6.45) is 1.99. The summed E-state index contributed by atoms with van der Waals surface area (Å²) in [5.41, 5.74) is 1.17. The zero-order valence-electron chi connectivity index (χ0n) is 8.69. The van der Waals surface area contributed by atoms with E-state index in [1.807, 2.05) is 18.2 Å². The van der Waals surface area contributed by atoms with E-state index in [9.17, 15) is 5.11 Å². The van der Waals surface area contributed by atoms with Crippen LogP contribution in [-0.2, 0) is 6.42 Å². The number of hydrogen-bond acceptors (Lipinski definition) is 3. The van der Waals surface area contributed by atoms with E-state index in [4.69, 9.17) is 5.11 Å². The smallest absolute Gasteiger partial charge is 0.115 e. The predicted octanol–water partition coefficient (Wildman–Crippen LogP) is 0.905. The monoisotopic (exact) mass is 207 g/mol. The highest BCUT2D eigenvalue weighted by Crippen LogP contribution is 2.20. The Hall–Kier alpha value is -1.06. The number of benzene rings is 1. The Morgan fingerprint density at radius 3 is 2.93 bits per heavy atom. The Morgan fingerprint density at radius 2 is 2.27 bits per heavy atom. The van der Waals surface area contributed by atoms with E-state index in [1.165, 1.54) is 5.56 Å². The predicted molar refractivity (Wildman–Crippen MR) is 58.8 cm³/mol. The van der Waals surface area contributed by atoms with E-state index in [-0.39, 0.29) is 12.6 Å². The topological polar surface area (TPSA) is 52.5 Å². The number of rotatable bonds is 3. The summed E-state index contributed by atoms with van der Waals surface area (Å²) < 4.78 is 0. The quantitative estimate of drug-likeness (QED) is 0.690. The molecule has 1 aliphatic heterocycles. The van der Waals surface area contributed by atoms with Gasteiger partial charge in [-0.25, -0.2) is 0 Å². The van der Waals surface area contributed by atoms with Gasteiger partial charge in [0, 0.05) is 6.04 Å². The lowest BCUT2D eigenvalue weighted by molar-refractivity contribution is 0.253. The maximum atomic E-state index is 9.33. The molecule has 1 fully saturated rings. The van der Waals surface area contributed by atoms with Gasteiger partial charge in [-0.3, -0.25) is 0 Å². The van der Waals surface area contributed by atoms with Crippen molar-refractivity contribution in [2.45, 2.75) is 18.9 Å². The van der Waals surface area contributed by atoms with Crippen LogP contribution in [0.5, 0.6) is 5.75 Å². The van der Waals surface area contributed by atoms with Gasteiger partial charge in [0.25, 0.3) is 0 Å². The fourth-order valence-corrected chi connectivity index (χ4v) is 2.21. The van der Waals surface area contributed by atoms with Crippen molar-refractivity contribution in [3.63, 3.8) is 0 Å². The molecule has 1 heterocycles. The van der Waals surface area contributed by atoms with Gasteiger partial charge in [-0.05, 0) is 43.0 Å². The van der Waals surface area contributed by atoms with Crippen molar-refractivity contribution in [1.29, 1.82) is 0 Å². The van der Waals surface area contributed by atoms with Crippen molar-refractivity contribution in [2.75, 3.05) is 13.2 Å². The molecule has 2 unspecified atom stereocenters. The molecule has 1 saturated heterocycles. The molecule has 2 rings (SSSR count). The lowest BCUT2D eigenvalue weighted by Crippen LogP contribution is -2.24. The van der Waals surface area contributed by atoms with Crippen molar-refractivity contribution in [3.05, 3.63) is 29.8 Å². The fourth-order valence-electron chi connectivity index (χ4n) is 2.21. The zero-order valence-corrected chi connectivity index (χ0v) is 8.69. The van der Waals surface area contributed by atoms with Crippen LogP contribution in [0.15, 0.2) is 24.3 Å². The largest absolute Gasteiger partial charge is 0.508 e. The maximum Gasteiger partial charge on any atom is 0.115 e. The van der Waals surface area contributed by atoms with Crippen LogP contribution in [0, 0.1) is 5.92 Å². The van der Waals surface area contributed by atoms with Gasteiger partial charge in [0.05, 0.1) is 6.61 Å². The van der Waals surface area contributed by atoms with Crippen LogP contribution < -0.4 is 5.32 Å². The van der Waals surface area contributed by atoms with Crippen LogP contribution in [0.1, 0.15) is 12.0 Å². The summed E-state index contributed by atoms with van der Waals surface area (Å²) in [4.78, 5) is 0. The third-order valence-corrected chi connectivity index (χ3v) is 2.97. The minimum atomic E-state index is 0.219. The van der Waals surface area contributed by atoms with E-state index in [1.54, 1.807) is 6.07 Å². The summed E-state index contributed by atoms with van der Waals surface area (Å²) in [6.45, 7) is 1.18. The van der Waals surface area contributed by atoms with E-state index in [2.05, 4.69) is 5.32 Å². The number of aliphatic hydroxyl groups is 1. The van der Waals surface area contributed by atoms with Crippen LogP contribution in [-0.4, -0.2) is 29.4 Å². The molecule has 1 aromatic carbocycles. The van der Waals surface area contributed by atoms with Gasteiger partial charge >= 0.3 is 0 Å². The van der Waals surface area contributed by atoms with Crippen LogP contribution in [0.4, 0.5) is 0 Å². The maximum absolute atomic E-state index is 9.33. The highest BCUT2D eigenvalue weighted by atomic mass is 16.3. The van der Waals surface area contributed by atoms with Gasteiger partial charge in [0.15, 0.2) is 0 Å². The average molecular weight is 207 g/mol. The fraction of sp³-hybridized carbons (Fsp3) is 0.500. The Balaban J connectivity index is 1.92. The van der Waals surface area contributed by atoms with Gasteiger partial charge in [0.2, 0.25) is 0 Å². The molecule has 15 heavy (non-hydrogen) atoms. The van der Waals surface area contributed by atoms with Crippen molar-refractivity contribution < 1.29 is 10.2 Å². The molecule has 0 radical (unpaired) electrons. The summed E-state index contributed by atoms with van der Waals surface area (Å²) >= 11 is 0. The van der Waals surface area contributed by atoms with Gasteiger partial charge in [-0.15, -0.1) is 0 Å². The summed E-state index contributed by atoms with van der Waals surface area (Å²) in [7, 11) is 0. The molecule has 0 aliphatic carbocycles. The second-order valence-electron chi connectivity index (χ2n) is 4.26. The van der Waals surface area contributed by atoms with Crippen LogP contribution in [0.3, 0.4) is 0 Å².